The highest BCUT2D eigenvalue weighted by atomic mass is 31.1. The third-order valence-electron chi connectivity index (χ3n) is 4.05. The van der Waals surface area contributed by atoms with Crippen molar-refractivity contribution >= 4 is 26.2 Å². The van der Waals surface area contributed by atoms with E-state index in [9.17, 15) is 25.4 Å². The number of hydrogen-bond donors (Lipinski definition) is 4. The molecule has 4 N–H and O–H groups in total. The minimum absolute atomic E-state index is 0.0481. The summed E-state index contributed by atoms with van der Waals surface area (Å²) < 4.78 is 11.6. The van der Waals surface area contributed by atoms with Crippen LogP contribution >= 0.6 is 8.81 Å². The first-order valence-corrected chi connectivity index (χ1v) is 8.93. The molecular formula is C14H16N5O6P. The van der Waals surface area contributed by atoms with E-state index in [-0.39, 0.29) is 20.3 Å². The molecule has 26 heavy (non-hydrogen) atoms. The maximum atomic E-state index is 11.6. The van der Waals surface area contributed by atoms with Crippen molar-refractivity contribution in [2.24, 2.45) is 0 Å². The lowest BCUT2D eigenvalue weighted by atomic mass is 9.92. The van der Waals surface area contributed by atoms with Gasteiger partial charge in [0.1, 0.15) is 36.2 Å². The molecule has 2 aromatic rings. The van der Waals surface area contributed by atoms with Gasteiger partial charge in [-0.05, 0) is 18.8 Å². The molecule has 3 heterocycles. The number of nitrogens with zero attached hydrogens (tertiary/aromatic N) is 4. The molecule has 0 aromatic carbocycles. The number of anilines is 1. The summed E-state index contributed by atoms with van der Waals surface area (Å²) >= 11 is 0. The minimum Gasteiger partial charge on any atom is -0.432 e. The van der Waals surface area contributed by atoms with Crippen LogP contribution in [0.2, 0.25) is 0 Å². The highest BCUT2D eigenvalue weighted by molar-refractivity contribution is 7.31. The topological polar surface area (TPSA) is 162 Å². The van der Waals surface area contributed by atoms with E-state index >= 15 is 0 Å². The van der Waals surface area contributed by atoms with Crippen molar-refractivity contribution in [3.63, 3.8) is 0 Å². The predicted octanol–water partition coefficient (Wildman–Crippen LogP) is -0.667. The lowest BCUT2D eigenvalue weighted by Gasteiger charge is -2.24. The summed E-state index contributed by atoms with van der Waals surface area (Å²) in [5.74, 6) is 0.134. The van der Waals surface area contributed by atoms with Crippen molar-refractivity contribution in [3.05, 3.63) is 24.2 Å². The smallest absolute Gasteiger partial charge is 0.415 e. The summed E-state index contributed by atoms with van der Waals surface area (Å²) in [4.78, 5) is 15.6. The van der Waals surface area contributed by atoms with Gasteiger partial charge in [0.15, 0.2) is 5.82 Å². The van der Waals surface area contributed by atoms with Crippen LogP contribution in [0.4, 0.5) is 10.6 Å². The number of rotatable bonds is 4. The second-order valence-corrected chi connectivity index (χ2v) is 6.08. The lowest BCUT2D eigenvalue weighted by Crippen LogP contribution is -2.40. The van der Waals surface area contributed by atoms with E-state index in [1.807, 2.05) is 6.07 Å². The van der Waals surface area contributed by atoms with Gasteiger partial charge >= 0.3 is 6.09 Å². The molecule has 0 aliphatic carbocycles. The second kappa shape index (κ2) is 7.11. The van der Waals surface area contributed by atoms with Crippen LogP contribution in [-0.2, 0) is 14.9 Å². The van der Waals surface area contributed by atoms with Crippen LogP contribution in [0.25, 0.3) is 5.52 Å². The average molecular weight is 381 g/mol. The fourth-order valence-electron chi connectivity index (χ4n) is 2.86. The molecule has 138 valence electrons. The molecule has 0 bridgehead atoms. The monoisotopic (exact) mass is 381 g/mol. The number of carbonyl (C=O) groups excluding carboxylic acids is 1. The molecule has 1 aliphatic heterocycles. The highest BCUT2D eigenvalue weighted by Crippen LogP contribution is 2.40. The molecule has 1 fully saturated rings. The van der Waals surface area contributed by atoms with E-state index < -0.39 is 36.6 Å². The molecule has 0 spiro atoms. The Labute approximate surface area is 149 Å². The van der Waals surface area contributed by atoms with Crippen LogP contribution in [0.3, 0.4) is 0 Å². The van der Waals surface area contributed by atoms with Gasteiger partial charge in [-0.25, -0.2) is 14.3 Å². The van der Waals surface area contributed by atoms with Gasteiger partial charge in [0.05, 0.1) is 21.1 Å². The Kier molecular flexibility index (Phi) is 5.04. The van der Waals surface area contributed by atoms with Crippen LogP contribution in [0.1, 0.15) is 5.69 Å². The first kappa shape index (κ1) is 18.4. The van der Waals surface area contributed by atoms with Gasteiger partial charge in [-0.1, -0.05) is 0 Å². The normalized spacial score (nSPS) is 28.5. The fourth-order valence-corrected chi connectivity index (χ4v) is 3.09. The maximum Gasteiger partial charge on any atom is 0.415 e. The zero-order valence-corrected chi connectivity index (χ0v) is 14.5. The van der Waals surface area contributed by atoms with Crippen LogP contribution in [0.5, 0.6) is 0 Å². The zero-order valence-electron chi connectivity index (χ0n) is 13.5. The fraction of sp³-hybridized carbons (Fsp3) is 0.429. The largest absolute Gasteiger partial charge is 0.432 e. The predicted molar refractivity (Wildman–Crippen MR) is 88.6 cm³/mol. The quantitative estimate of drug-likeness (QED) is 0.503. The summed E-state index contributed by atoms with van der Waals surface area (Å²) in [6.45, 7) is 1.11. The van der Waals surface area contributed by atoms with Crippen molar-refractivity contribution in [2.75, 3.05) is 18.6 Å². The number of aliphatic hydroxyl groups excluding tert-OH is 3. The molecule has 1 aliphatic rings. The number of aromatic nitrogens is 3. The Hall–Kier alpha value is -2.35. The van der Waals surface area contributed by atoms with Crippen molar-refractivity contribution in [1.82, 2.24) is 14.6 Å². The van der Waals surface area contributed by atoms with Gasteiger partial charge < -0.3 is 24.6 Å². The molecule has 0 saturated carbocycles. The van der Waals surface area contributed by atoms with Gasteiger partial charge in [0, 0.05) is 0 Å². The van der Waals surface area contributed by atoms with Gasteiger partial charge in [-0.2, -0.15) is 10.4 Å². The van der Waals surface area contributed by atoms with Crippen molar-refractivity contribution in [3.8, 4) is 6.07 Å². The van der Waals surface area contributed by atoms with Gasteiger partial charge in [-0.15, -0.1) is 0 Å². The SMILES string of the molecule is CPOC(=O)Nc1ncnn2c([C@]3(C#N)O[C@H](CO)[C@@H](O)[C@H]3O)ccc12. The van der Waals surface area contributed by atoms with E-state index in [0.717, 1.165) is 6.33 Å². The van der Waals surface area contributed by atoms with Crippen LogP contribution < -0.4 is 5.32 Å². The molecule has 12 heteroatoms. The number of amides is 1. The molecule has 1 saturated heterocycles. The molecule has 1 amide bonds. The third-order valence-corrected chi connectivity index (χ3v) is 4.44. The molecule has 11 nitrogen and oxygen atoms in total. The molecule has 3 rings (SSSR count). The van der Waals surface area contributed by atoms with Crippen LogP contribution in [0.15, 0.2) is 18.5 Å². The van der Waals surface area contributed by atoms with E-state index in [1.54, 1.807) is 6.66 Å². The Balaban J connectivity index is 2.07. The summed E-state index contributed by atoms with van der Waals surface area (Å²) in [5, 5.41) is 45.8. The third kappa shape index (κ3) is 2.78. The van der Waals surface area contributed by atoms with E-state index in [0.29, 0.717) is 5.52 Å². The number of ether oxygens (including phenoxy) is 1. The number of fused-ring (bicyclic) bond motifs is 1. The molecule has 0 radical (unpaired) electrons. The van der Waals surface area contributed by atoms with Crippen LogP contribution in [0, 0.1) is 11.3 Å². The number of hydrogen-bond acceptors (Lipinski definition) is 9. The highest BCUT2D eigenvalue weighted by Gasteiger charge is 2.57. The summed E-state index contributed by atoms with van der Waals surface area (Å²) in [7, 11) is -0.0481. The van der Waals surface area contributed by atoms with Gasteiger partial charge in [0.25, 0.3) is 0 Å². The van der Waals surface area contributed by atoms with Crippen molar-refractivity contribution in [2.45, 2.75) is 23.9 Å². The second-order valence-electron chi connectivity index (χ2n) is 5.46. The summed E-state index contributed by atoms with van der Waals surface area (Å²) in [5.41, 5.74) is -1.50. The van der Waals surface area contributed by atoms with Gasteiger partial charge in [0.2, 0.25) is 5.60 Å². The lowest BCUT2D eigenvalue weighted by molar-refractivity contribution is -0.0643. The minimum atomic E-state index is -1.95. The van der Waals surface area contributed by atoms with Crippen molar-refractivity contribution in [1.29, 1.82) is 5.26 Å². The van der Waals surface area contributed by atoms with E-state index in [2.05, 4.69) is 15.4 Å². The van der Waals surface area contributed by atoms with Crippen molar-refractivity contribution < 1.29 is 29.4 Å². The number of nitrogens with one attached hydrogen (secondary N) is 1. The Morgan fingerprint density at radius 1 is 1.58 bits per heavy atom. The summed E-state index contributed by atoms with van der Waals surface area (Å²) in [6, 6.07) is 4.84. The van der Waals surface area contributed by atoms with E-state index in [4.69, 9.17) is 9.26 Å². The van der Waals surface area contributed by atoms with Crippen LogP contribution in [-0.4, -0.2) is 67.6 Å². The zero-order chi connectivity index (χ0) is 18.9. The molecule has 1 unspecified atom stereocenters. The average Bonchev–Trinajstić information content (AvgIpc) is 3.17. The Morgan fingerprint density at radius 3 is 2.96 bits per heavy atom. The van der Waals surface area contributed by atoms with Gasteiger partial charge in [-0.3, -0.25) is 5.32 Å². The van der Waals surface area contributed by atoms with E-state index in [1.165, 1.54) is 16.6 Å². The number of aliphatic hydroxyl groups is 3. The first-order valence-electron chi connectivity index (χ1n) is 7.52. The number of carbonyl (C=O) groups is 1. The standard InChI is InChI=1S/C14H16N5O6P/c1-26-25-13(23)18-12-7-2-3-9(19(7)17-6-16-12)14(5-15)11(22)10(21)8(4-20)24-14/h2-3,6,8,10-11,20-22,26H,4H2,1H3,(H,16,17,18,23)/t8-,10-,11-,14+/m1/s1. The Bertz CT molecular complexity index is 869. The summed E-state index contributed by atoms with van der Waals surface area (Å²) in [6.07, 6.45) is -3.75. The maximum absolute atomic E-state index is 11.6. The Morgan fingerprint density at radius 2 is 2.35 bits per heavy atom. The number of nitriles is 1. The molecular weight excluding hydrogens is 365 g/mol. The molecule has 5 atom stereocenters. The first-order chi connectivity index (χ1) is 12.5. The molecule has 2 aromatic heterocycles.